The van der Waals surface area contributed by atoms with Crippen LogP contribution in [0.25, 0.3) is 0 Å². The minimum absolute atomic E-state index is 0.121. The molecule has 2 N–H and O–H groups in total. The minimum Gasteiger partial charge on any atom is -0.386 e. The molecule has 0 atom stereocenters. The highest BCUT2D eigenvalue weighted by atomic mass is 16.2. The quantitative estimate of drug-likeness (QED) is 0.783. The van der Waals surface area contributed by atoms with E-state index in [4.69, 9.17) is 0 Å². The van der Waals surface area contributed by atoms with Gasteiger partial charge in [-0.3, -0.25) is 14.9 Å². The van der Waals surface area contributed by atoms with Gasteiger partial charge in [-0.25, -0.2) is 9.36 Å². The summed E-state index contributed by atoms with van der Waals surface area (Å²) in [6.45, 7) is 4.03. The van der Waals surface area contributed by atoms with Crippen LogP contribution in [0.5, 0.6) is 0 Å². The highest BCUT2D eigenvalue weighted by Gasteiger charge is 2.20. The molecule has 0 bridgehead atoms. The maximum Gasteiger partial charge on any atom is 0.280 e. The lowest BCUT2D eigenvalue weighted by Crippen LogP contribution is -2.31. The summed E-state index contributed by atoms with van der Waals surface area (Å²) in [7, 11) is 3.24. The van der Waals surface area contributed by atoms with E-state index in [1.807, 2.05) is 6.92 Å². The predicted octanol–water partition coefficient (Wildman–Crippen LogP) is -0.221. The summed E-state index contributed by atoms with van der Waals surface area (Å²) in [5.74, 6) is -0.296. The number of carbonyl (C=O) groups excluding carboxylic acids is 1. The number of rotatable bonds is 5. The smallest absolute Gasteiger partial charge is 0.280 e. The summed E-state index contributed by atoms with van der Waals surface area (Å²) < 4.78 is 2.62. The van der Waals surface area contributed by atoms with Crippen molar-refractivity contribution in [3.63, 3.8) is 0 Å². The van der Waals surface area contributed by atoms with Gasteiger partial charge in [0.2, 0.25) is 5.95 Å². The lowest BCUT2D eigenvalue weighted by molar-refractivity contribution is 0.101. The number of anilines is 2. The number of nitrogens with one attached hydrogen (secondary N) is 2. The molecule has 0 aliphatic carbocycles. The van der Waals surface area contributed by atoms with E-state index in [0.29, 0.717) is 17.8 Å². The van der Waals surface area contributed by atoms with Crippen LogP contribution >= 0.6 is 0 Å². The standard InChI is InChI=1S/C12H18N8O2/c1-5-6-20-11(22)7(2)8(13-3)9(16-20)10(21)14-12-15-17-18-19(12)4/h13H,5-6H2,1-4H3,(H,14,15,18,21). The molecule has 0 radical (unpaired) electrons. The third-order valence-corrected chi connectivity index (χ3v) is 3.13. The number of tetrazole rings is 1. The highest BCUT2D eigenvalue weighted by molar-refractivity contribution is 6.05. The molecule has 0 aliphatic heterocycles. The average molecular weight is 306 g/mol. The molecule has 1 amide bonds. The molecule has 2 rings (SSSR count). The molecule has 10 nitrogen and oxygen atoms in total. The van der Waals surface area contributed by atoms with E-state index in [2.05, 4.69) is 31.3 Å². The SMILES string of the molecule is CCCn1nc(C(=O)Nc2nnnn2C)c(NC)c(C)c1=O. The maximum absolute atomic E-state index is 12.4. The van der Waals surface area contributed by atoms with Crippen molar-refractivity contribution in [2.75, 3.05) is 17.7 Å². The molecule has 10 heteroatoms. The Morgan fingerprint density at radius 1 is 1.36 bits per heavy atom. The third-order valence-electron chi connectivity index (χ3n) is 3.13. The number of nitrogens with zero attached hydrogens (tertiary/aromatic N) is 6. The first-order valence-corrected chi connectivity index (χ1v) is 6.82. The van der Waals surface area contributed by atoms with Gasteiger partial charge in [0.1, 0.15) is 0 Å². The first-order chi connectivity index (χ1) is 10.5. The first-order valence-electron chi connectivity index (χ1n) is 6.82. The monoisotopic (exact) mass is 306 g/mol. The molecule has 2 heterocycles. The van der Waals surface area contributed by atoms with Gasteiger partial charge in [0.05, 0.1) is 5.69 Å². The number of amides is 1. The third kappa shape index (κ3) is 2.80. The second kappa shape index (κ2) is 6.33. The fraction of sp³-hybridized carbons (Fsp3) is 0.500. The second-order valence-electron chi connectivity index (χ2n) is 4.71. The van der Waals surface area contributed by atoms with Crippen LogP contribution in [0.3, 0.4) is 0 Å². The first kappa shape index (κ1) is 15.6. The Labute approximate surface area is 126 Å². The van der Waals surface area contributed by atoms with Crippen LogP contribution in [0, 0.1) is 6.92 Å². The van der Waals surface area contributed by atoms with E-state index in [1.54, 1.807) is 21.0 Å². The van der Waals surface area contributed by atoms with E-state index in [-0.39, 0.29) is 17.2 Å². The highest BCUT2D eigenvalue weighted by Crippen LogP contribution is 2.16. The van der Waals surface area contributed by atoms with Gasteiger partial charge in [0.15, 0.2) is 5.69 Å². The van der Waals surface area contributed by atoms with Crippen LogP contribution in [0.2, 0.25) is 0 Å². The van der Waals surface area contributed by atoms with Gasteiger partial charge in [-0.15, -0.1) is 0 Å². The molecule has 0 saturated heterocycles. The Balaban J connectivity index is 2.46. The average Bonchev–Trinajstić information content (AvgIpc) is 2.89. The maximum atomic E-state index is 12.4. The number of carbonyl (C=O) groups is 1. The lowest BCUT2D eigenvalue weighted by atomic mass is 10.2. The van der Waals surface area contributed by atoms with Crippen molar-refractivity contribution in [3.8, 4) is 0 Å². The summed E-state index contributed by atoms with van der Waals surface area (Å²) >= 11 is 0. The zero-order valence-corrected chi connectivity index (χ0v) is 12.9. The normalized spacial score (nSPS) is 10.5. The van der Waals surface area contributed by atoms with Crippen LogP contribution in [-0.2, 0) is 13.6 Å². The Hall–Kier alpha value is -2.78. The van der Waals surface area contributed by atoms with Crippen molar-refractivity contribution in [2.24, 2.45) is 7.05 Å². The van der Waals surface area contributed by atoms with Gasteiger partial charge in [-0.1, -0.05) is 12.0 Å². The van der Waals surface area contributed by atoms with Gasteiger partial charge >= 0.3 is 0 Å². The van der Waals surface area contributed by atoms with Crippen LogP contribution in [0.4, 0.5) is 11.6 Å². The number of aryl methyl sites for hydroxylation is 2. The largest absolute Gasteiger partial charge is 0.386 e. The van der Waals surface area contributed by atoms with Crippen LogP contribution in [0.15, 0.2) is 4.79 Å². The molecule has 22 heavy (non-hydrogen) atoms. The molecule has 2 aromatic heterocycles. The van der Waals surface area contributed by atoms with E-state index in [9.17, 15) is 9.59 Å². The molecule has 0 fully saturated rings. The fourth-order valence-electron chi connectivity index (χ4n) is 2.02. The summed E-state index contributed by atoms with van der Waals surface area (Å²) in [5, 5.41) is 20.3. The van der Waals surface area contributed by atoms with E-state index >= 15 is 0 Å². The van der Waals surface area contributed by atoms with Gasteiger partial charge in [-0.05, 0) is 23.8 Å². The lowest BCUT2D eigenvalue weighted by Gasteiger charge is -2.13. The van der Waals surface area contributed by atoms with Gasteiger partial charge in [0, 0.05) is 26.2 Å². The Morgan fingerprint density at radius 3 is 2.64 bits per heavy atom. The van der Waals surface area contributed by atoms with E-state index < -0.39 is 5.91 Å². The molecule has 0 spiro atoms. The Morgan fingerprint density at radius 2 is 2.09 bits per heavy atom. The summed E-state index contributed by atoms with van der Waals surface area (Å²) in [6, 6.07) is 0. The topological polar surface area (TPSA) is 120 Å². The molecule has 0 saturated carbocycles. The molecule has 2 aromatic rings. The zero-order valence-electron chi connectivity index (χ0n) is 12.9. The Bertz CT molecular complexity index is 748. The van der Waals surface area contributed by atoms with Crippen molar-refractivity contribution < 1.29 is 4.79 Å². The molecular formula is C12H18N8O2. The van der Waals surface area contributed by atoms with Crippen molar-refractivity contribution >= 4 is 17.5 Å². The molecule has 0 aromatic carbocycles. The van der Waals surface area contributed by atoms with Crippen molar-refractivity contribution in [3.05, 3.63) is 21.6 Å². The van der Waals surface area contributed by atoms with E-state index in [0.717, 1.165) is 6.42 Å². The van der Waals surface area contributed by atoms with Crippen LogP contribution < -0.4 is 16.2 Å². The van der Waals surface area contributed by atoms with Gasteiger partial charge in [-0.2, -0.15) is 5.10 Å². The molecular weight excluding hydrogens is 288 g/mol. The van der Waals surface area contributed by atoms with Gasteiger partial charge in [0.25, 0.3) is 11.5 Å². The summed E-state index contributed by atoms with van der Waals surface area (Å²) in [6.07, 6.45) is 0.736. The molecule has 118 valence electrons. The second-order valence-corrected chi connectivity index (χ2v) is 4.71. The zero-order chi connectivity index (χ0) is 16.3. The number of hydrogen-bond acceptors (Lipinski definition) is 7. The minimum atomic E-state index is -0.491. The van der Waals surface area contributed by atoms with E-state index in [1.165, 1.54) is 9.36 Å². The number of hydrogen-bond donors (Lipinski definition) is 2. The number of aromatic nitrogens is 6. The Kier molecular flexibility index (Phi) is 4.49. The van der Waals surface area contributed by atoms with Crippen molar-refractivity contribution in [1.82, 2.24) is 30.0 Å². The molecule has 0 aliphatic rings. The van der Waals surface area contributed by atoms with Crippen molar-refractivity contribution in [2.45, 2.75) is 26.8 Å². The fourth-order valence-corrected chi connectivity index (χ4v) is 2.02. The summed E-state index contributed by atoms with van der Waals surface area (Å²) in [4.78, 5) is 24.6. The predicted molar refractivity (Wildman–Crippen MR) is 79.8 cm³/mol. The van der Waals surface area contributed by atoms with Crippen molar-refractivity contribution in [1.29, 1.82) is 0 Å². The van der Waals surface area contributed by atoms with Crippen LogP contribution in [-0.4, -0.2) is 42.9 Å². The molecule has 0 unspecified atom stereocenters. The summed E-state index contributed by atoms with van der Waals surface area (Å²) in [5.41, 5.74) is 0.733. The van der Waals surface area contributed by atoms with Crippen LogP contribution in [0.1, 0.15) is 29.4 Å². The van der Waals surface area contributed by atoms with Gasteiger partial charge < -0.3 is 5.32 Å².